The van der Waals surface area contributed by atoms with Gasteiger partial charge in [-0.25, -0.2) is 0 Å². The van der Waals surface area contributed by atoms with Crippen molar-refractivity contribution in [2.75, 3.05) is 20.3 Å². The molecule has 17 heavy (non-hydrogen) atoms. The fourth-order valence-electron chi connectivity index (χ4n) is 1.69. The minimum Gasteiger partial charge on any atom is -0.495 e. The van der Waals surface area contributed by atoms with Crippen molar-refractivity contribution in [3.8, 4) is 17.2 Å². The van der Waals surface area contributed by atoms with Crippen LogP contribution in [-0.4, -0.2) is 31.4 Å². The number of carboxylic acids is 1. The van der Waals surface area contributed by atoms with Gasteiger partial charge in [0, 0.05) is 5.56 Å². The summed E-state index contributed by atoms with van der Waals surface area (Å²) < 4.78 is 16.7. The Kier molecular flexibility index (Phi) is 3.42. The van der Waals surface area contributed by atoms with Crippen molar-refractivity contribution in [1.82, 2.24) is 0 Å². The maximum absolute atomic E-state index is 10.8. The van der Waals surface area contributed by atoms with Crippen LogP contribution in [0.15, 0.2) is 10.5 Å². The van der Waals surface area contributed by atoms with Crippen LogP contribution in [0.4, 0.5) is 0 Å². The molecule has 0 saturated carbocycles. The number of ether oxygens (including phenoxy) is 3. The number of hydrogen-bond donors (Lipinski definition) is 1. The van der Waals surface area contributed by atoms with Crippen molar-refractivity contribution >= 4 is 21.9 Å². The number of carboxylic acid groups (broad SMARTS) is 1. The Morgan fingerprint density at radius 3 is 2.88 bits per heavy atom. The Balaban J connectivity index is 2.51. The Hall–Kier alpha value is -1.43. The van der Waals surface area contributed by atoms with Gasteiger partial charge in [-0.15, -0.1) is 0 Å². The van der Waals surface area contributed by atoms with Gasteiger partial charge in [0.1, 0.15) is 23.4 Å². The molecule has 1 N–H and O–H groups in total. The monoisotopic (exact) mass is 302 g/mol. The SMILES string of the molecule is COc1c(CC(=O)O)cc2c(c1Br)OCCO2. The predicted molar refractivity (Wildman–Crippen MR) is 63.0 cm³/mol. The summed E-state index contributed by atoms with van der Waals surface area (Å²) in [6.45, 7) is 0.922. The Morgan fingerprint density at radius 1 is 1.53 bits per heavy atom. The molecule has 6 heteroatoms. The van der Waals surface area contributed by atoms with E-state index in [-0.39, 0.29) is 6.42 Å². The summed E-state index contributed by atoms with van der Waals surface area (Å²) in [7, 11) is 1.49. The van der Waals surface area contributed by atoms with Crippen LogP contribution in [0.1, 0.15) is 5.56 Å². The third kappa shape index (κ3) is 2.31. The van der Waals surface area contributed by atoms with Gasteiger partial charge in [-0.1, -0.05) is 0 Å². The molecule has 5 nitrogen and oxygen atoms in total. The van der Waals surface area contributed by atoms with Gasteiger partial charge in [-0.3, -0.25) is 4.79 Å². The molecule has 0 fully saturated rings. The van der Waals surface area contributed by atoms with Crippen LogP contribution in [-0.2, 0) is 11.2 Å². The smallest absolute Gasteiger partial charge is 0.307 e. The minimum absolute atomic E-state index is 0.127. The Bertz CT molecular complexity index is 458. The van der Waals surface area contributed by atoms with Gasteiger partial charge in [-0.05, 0) is 22.0 Å². The van der Waals surface area contributed by atoms with E-state index in [1.165, 1.54) is 7.11 Å². The molecule has 1 aromatic rings. The maximum Gasteiger partial charge on any atom is 0.307 e. The zero-order valence-electron chi connectivity index (χ0n) is 9.16. The Morgan fingerprint density at radius 2 is 2.24 bits per heavy atom. The molecule has 0 atom stereocenters. The van der Waals surface area contributed by atoms with Crippen molar-refractivity contribution in [3.63, 3.8) is 0 Å². The fourth-order valence-corrected chi connectivity index (χ4v) is 2.42. The van der Waals surface area contributed by atoms with Gasteiger partial charge >= 0.3 is 5.97 Å². The molecule has 0 spiro atoms. The second-order valence-electron chi connectivity index (χ2n) is 3.48. The van der Waals surface area contributed by atoms with E-state index in [0.717, 1.165) is 0 Å². The molecule has 1 heterocycles. The van der Waals surface area contributed by atoms with Crippen molar-refractivity contribution in [3.05, 3.63) is 16.1 Å². The third-order valence-corrected chi connectivity index (χ3v) is 3.07. The number of fused-ring (bicyclic) bond motifs is 1. The lowest BCUT2D eigenvalue weighted by Gasteiger charge is -2.22. The summed E-state index contributed by atoms with van der Waals surface area (Å²) in [6.07, 6.45) is -0.127. The van der Waals surface area contributed by atoms with E-state index in [0.29, 0.717) is 40.5 Å². The van der Waals surface area contributed by atoms with Crippen molar-refractivity contribution in [1.29, 1.82) is 0 Å². The highest BCUT2D eigenvalue weighted by molar-refractivity contribution is 9.10. The molecule has 0 saturated heterocycles. The van der Waals surface area contributed by atoms with Crippen LogP contribution in [0.3, 0.4) is 0 Å². The number of methoxy groups -OCH3 is 1. The average Bonchev–Trinajstić information content (AvgIpc) is 2.29. The highest BCUT2D eigenvalue weighted by Gasteiger charge is 2.23. The van der Waals surface area contributed by atoms with Gasteiger partial charge in [0.05, 0.1) is 13.5 Å². The van der Waals surface area contributed by atoms with Crippen LogP contribution < -0.4 is 14.2 Å². The number of carbonyl (C=O) groups is 1. The predicted octanol–water partition coefficient (Wildman–Crippen LogP) is 1.86. The molecule has 0 aromatic heterocycles. The molecular weight excluding hydrogens is 292 g/mol. The topological polar surface area (TPSA) is 65.0 Å². The standard InChI is InChI=1S/C11H11BrO5/c1-15-10-6(5-8(13)14)4-7-11(9(10)12)17-3-2-16-7/h4H,2-3,5H2,1H3,(H,13,14). The molecule has 0 bridgehead atoms. The molecule has 92 valence electrons. The van der Waals surface area contributed by atoms with E-state index in [1.54, 1.807) is 6.07 Å². The van der Waals surface area contributed by atoms with E-state index in [9.17, 15) is 4.79 Å². The number of halogens is 1. The first-order valence-electron chi connectivity index (χ1n) is 5.00. The van der Waals surface area contributed by atoms with E-state index in [1.807, 2.05) is 0 Å². The van der Waals surface area contributed by atoms with Crippen LogP contribution in [0.2, 0.25) is 0 Å². The van der Waals surface area contributed by atoms with Crippen LogP contribution in [0.5, 0.6) is 17.2 Å². The number of rotatable bonds is 3. The molecular formula is C11H11BrO5. The zero-order chi connectivity index (χ0) is 12.4. The van der Waals surface area contributed by atoms with E-state index < -0.39 is 5.97 Å². The second kappa shape index (κ2) is 4.83. The van der Waals surface area contributed by atoms with Crippen molar-refractivity contribution in [2.45, 2.75) is 6.42 Å². The Labute approximate surface area is 106 Å². The fraction of sp³-hybridized carbons (Fsp3) is 0.364. The molecule has 0 amide bonds. The number of benzene rings is 1. The molecule has 1 aliphatic heterocycles. The summed E-state index contributed by atoms with van der Waals surface area (Å²) >= 11 is 3.34. The van der Waals surface area contributed by atoms with Crippen molar-refractivity contribution in [2.24, 2.45) is 0 Å². The van der Waals surface area contributed by atoms with Gasteiger partial charge in [0.2, 0.25) is 0 Å². The molecule has 1 aliphatic rings. The van der Waals surface area contributed by atoms with Crippen LogP contribution in [0.25, 0.3) is 0 Å². The first kappa shape index (κ1) is 12.0. The normalized spacial score (nSPS) is 13.3. The van der Waals surface area contributed by atoms with Gasteiger partial charge in [0.25, 0.3) is 0 Å². The quantitative estimate of drug-likeness (QED) is 0.923. The largest absolute Gasteiger partial charge is 0.495 e. The van der Waals surface area contributed by atoms with Gasteiger partial charge in [0.15, 0.2) is 11.5 Å². The first-order chi connectivity index (χ1) is 8.13. The molecule has 0 aliphatic carbocycles. The lowest BCUT2D eigenvalue weighted by atomic mass is 10.1. The third-order valence-electron chi connectivity index (χ3n) is 2.35. The number of hydrogen-bond acceptors (Lipinski definition) is 4. The lowest BCUT2D eigenvalue weighted by Crippen LogP contribution is -2.16. The highest BCUT2D eigenvalue weighted by Crippen LogP contribution is 2.45. The summed E-state index contributed by atoms with van der Waals surface area (Å²) in [4.78, 5) is 10.8. The zero-order valence-corrected chi connectivity index (χ0v) is 10.7. The summed E-state index contributed by atoms with van der Waals surface area (Å²) in [6, 6.07) is 1.65. The van der Waals surface area contributed by atoms with Crippen LogP contribution in [0, 0.1) is 0 Å². The minimum atomic E-state index is -0.924. The van der Waals surface area contributed by atoms with Gasteiger partial charge in [-0.2, -0.15) is 0 Å². The second-order valence-corrected chi connectivity index (χ2v) is 4.27. The van der Waals surface area contributed by atoms with E-state index in [2.05, 4.69) is 15.9 Å². The summed E-state index contributed by atoms with van der Waals surface area (Å²) in [5.74, 6) is 0.644. The molecule has 1 aromatic carbocycles. The first-order valence-corrected chi connectivity index (χ1v) is 5.79. The van der Waals surface area contributed by atoms with E-state index in [4.69, 9.17) is 19.3 Å². The lowest BCUT2D eigenvalue weighted by molar-refractivity contribution is -0.136. The molecule has 0 radical (unpaired) electrons. The molecule has 0 unspecified atom stereocenters. The van der Waals surface area contributed by atoms with Gasteiger partial charge < -0.3 is 19.3 Å². The highest BCUT2D eigenvalue weighted by atomic mass is 79.9. The van der Waals surface area contributed by atoms with E-state index >= 15 is 0 Å². The summed E-state index contributed by atoms with van der Waals surface area (Å²) in [5, 5.41) is 8.84. The summed E-state index contributed by atoms with van der Waals surface area (Å²) in [5.41, 5.74) is 0.552. The van der Waals surface area contributed by atoms with Crippen molar-refractivity contribution < 1.29 is 24.1 Å². The average molecular weight is 303 g/mol. The number of aliphatic carboxylic acids is 1. The molecule has 2 rings (SSSR count). The maximum atomic E-state index is 10.8. The van der Waals surface area contributed by atoms with Crippen LogP contribution >= 0.6 is 15.9 Å².